The number of hydrogen-bond donors (Lipinski definition) is 0. The van der Waals surface area contributed by atoms with Crippen molar-refractivity contribution in [3.05, 3.63) is 36.5 Å². The second kappa shape index (κ2) is 4.87. The Labute approximate surface area is 93.9 Å². The maximum atomic E-state index is 12.7. The van der Waals surface area contributed by atoms with Crippen molar-refractivity contribution in [3.63, 3.8) is 0 Å². The zero-order valence-electron chi connectivity index (χ0n) is 9.35. The minimum Gasteiger partial charge on any atom is -0.284 e. The summed E-state index contributed by atoms with van der Waals surface area (Å²) >= 11 is 0. The summed E-state index contributed by atoms with van der Waals surface area (Å²) in [7, 11) is 0. The molecule has 0 saturated heterocycles. The fourth-order valence-corrected chi connectivity index (χ4v) is 2.00. The van der Waals surface area contributed by atoms with Crippen LogP contribution in [-0.4, -0.2) is 30.2 Å². The van der Waals surface area contributed by atoms with E-state index in [1.807, 2.05) is 0 Å². The van der Waals surface area contributed by atoms with E-state index in [0.717, 1.165) is 11.1 Å². The molecule has 1 nitrogen and oxygen atoms in total. The lowest BCUT2D eigenvalue weighted by molar-refractivity contribution is -0.181. The van der Waals surface area contributed by atoms with Gasteiger partial charge in [-0.15, -0.1) is 0 Å². The molecular formula is C12H16F3N. The van der Waals surface area contributed by atoms with Crippen molar-refractivity contribution >= 4 is 0 Å². The molecule has 1 heterocycles. The van der Waals surface area contributed by atoms with Crippen molar-refractivity contribution in [2.45, 2.75) is 25.6 Å². The van der Waals surface area contributed by atoms with Crippen molar-refractivity contribution in [3.8, 4) is 0 Å². The van der Waals surface area contributed by atoms with Gasteiger partial charge in [0.15, 0.2) is 0 Å². The Hall–Kier alpha value is -1.03. The van der Waals surface area contributed by atoms with E-state index in [-0.39, 0.29) is 6.42 Å². The summed E-state index contributed by atoms with van der Waals surface area (Å²) < 4.78 is 38.2. The Balaban J connectivity index is 2.81. The first kappa shape index (κ1) is 13.0. The fraction of sp³-hybridized carbons (Fsp3) is 0.500. The highest BCUT2D eigenvalue weighted by Crippen LogP contribution is 2.31. The third-order valence-corrected chi connectivity index (χ3v) is 2.86. The third kappa shape index (κ3) is 2.55. The van der Waals surface area contributed by atoms with Crippen molar-refractivity contribution in [2.24, 2.45) is 0 Å². The van der Waals surface area contributed by atoms with E-state index in [1.165, 1.54) is 4.90 Å². The molecule has 1 aliphatic rings. The molecular weight excluding hydrogens is 215 g/mol. The van der Waals surface area contributed by atoms with Crippen molar-refractivity contribution in [2.75, 3.05) is 13.1 Å². The number of hydrogen-bond acceptors (Lipinski definition) is 1. The highest BCUT2D eigenvalue weighted by Gasteiger charge is 2.43. The van der Waals surface area contributed by atoms with Gasteiger partial charge in [-0.25, -0.2) is 0 Å². The van der Waals surface area contributed by atoms with Gasteiger partial charge in [0.2, 0.25) is 0 Å². The zero-order chi connectivity index (χ0) is 12.3. The molecule has 0 aromatic carbocycles. The minimum atomic E-state index is -4.17. The summed E-state index contributed by atoms with van der Waals surface area (Å²) in [6, 6.07) is -1.38. The first-order valence-electron chi connectivity index (χ1n) is 5.21. The molecule has 0 N–H and O–H groups in total. The first-order chi connectivity index (χ1) is 7.43. The largest absolute Gasteiger partial charge is 0.404 e. The molecule has 0 aromatic rings. The van der Waals surface area contributed by atoms with Crippen molar-refractivity contribution < 1.29 is 13.2 Å². The van der Waals surface area contributed by atoms with E-state index in [2.05, 4.69) is 13.2 Å². The van der Waals surface area contributed by atoms with Gasteiger partial charge < -0.3 is 0 Å². The number of alkyl halides is 3. The van der Waals surface area contributed by atoms with Crippen LogP contribution in [-0.2, 0) is 0 Å². The van der Waals surface area contributed by atoms with Crippen LogP contribution >= 0.6 is 0 Å². The molecule has 0 fully saturated rings. The topological polar surface area (TPSA) is 3.24 Å². The van der Waals surface area contributed by atoms with E-state index >= 15 is 0 Å². The van der Waals surface area contributed by atoms with E-state index in [1.54, 1.807) is 19.1 Å². The van der Waals surface area contributed by atoms with Gasteiger partial charge in [0.1, 0.15) is 6.04 Å². The second-order valence-electron chi connectivity index (χ2n) is 3.83. The molecule has 1 atom stereocenters. The van der Waals surface area contributed by atoms with Crippen molar-refractivity contribution in [1.29, 1.82) is 0 Å². The first-order valence-corrected chi connectivity index (χ1v) is 5.21. The SMILES string of the molecule is C=CC1=C(C=C)CN(C(CC)C(F)(F)F)C1. The van der Waals surface area contributed by atoms with Gasteiger partial charge in [0.25, 0.3) is 0 Å². The molecule has 4 heteroatoms. The Morgan fingerprint density at radius 1 is 1.25 bits per heavy atom. The van der Waals surface area contributed by atoms with E-state index in [4.69, 9.17) is 0 Å². The molecule has 1 rings (SSSR count). The van der Waals surface area contributed by atoms with Crippen LogP contribution in [0.3, 0.4) is 0 Å². The van der Waals surface area contributed by atoms with E-state index < -0.39 is 12.2 Å². The molecule has 16 heavy (non-hydrogen) atoms. The standard InChI is InChI=1S/C12H16F3N/c1-4-9-7-16(8-10(9)5-2)11(6-3)12(13,14)15/h4-5,11H,1-2,6-8H2,3H3. The van der Waals surface area contributed by atoms with Crippen LogP contribution in [0.25, 0.3) is 0 Å². The minimum absolute atomic E-state index is 0.0678. The van der Waals surface area contributed by atoms with Crippen LogP contribution in [0.2, 0.25) is 0 Å². The maximum absolute atomic E-state index is 12.7. The maximum Gasteiger partial charge on any atom is 0.404 e. The predicted molar refractivity (Wildman–Crippen MR) is 59.1 cm³/mol. The Bertz CT molecular complexity index is 295. The van der Waals surface area contributed by atoms with Gasteiger partial charge in [0, 0.05) is 13.1 Å². The molecule has 1 aliphatic heterocycles. The Morgan fingerprint density at radius 3 is 1.94 bits per heavy atom. The fourth-order valence-electron chi connectivity index (χ4n) is 2.00. The van der Waals surface area contributed by atoms with Crippen LogP contribution in [0.4, 0.5) is 13.2 Å². The lowest BCUT2D eigenvalue weighted by Gasteiger charge is -2.28. The van der Waals surface area contributed by atoms with Gasteiger partial charge >= 0.3 is 6.18 Å². The highest BCUT2D eigenvalue weighted by molar-refractivity contribution is 5.37. The van der Waals surface area contributed by atoms with Crippen LogP contribution in [0.15, 0.2) is 36.5 Å². The van der Waals surface area contributed by atoms with Crippen LogP contribution in [0, 0.1) is 0 Å². The van der Waals surface area contributed by atoms with Crippen LogP contribution < -0.4 is 0 Å². The average molecular weight is 231 g/mol. The molecule has 0 amide bonds. The normalized spacial score (nSPS) is 20.0. The molecule has 0 radical (unpaired) electrons. The molecule has 0 spiro atoms. The molecule has 0 bridgehead atoms. The molecule has 0 aliphatic carbocycles. The zero-order valence-corrected chi connectivity index (χ0v) is 9.35. The molecule has 0 saturated carbocycles. The quantitative estimate of drug-likeness (QED) is 0.717. The average Bonchev–Trinajstić information content (AvgIpc) is 2.59. The third-order valence-electron chi connectivity index (χ3n) is 2.86. The van der Waals surface area contributed by atoms with Crippen LogP contribution in [0.1, 0.15) is 13.3 Å². The van der Waals surface area contributed by atoms with Crippen LogP contribution in [0.5, 0.6) is 0 Å². The lowest BCUT2D eigenvalue weighted by Crippen LogP contribution is -2.44. The second-order valence-corrected chi connectivity index (χ2v) is 3.83. The highest BCUT2D eigenvalue weighted by atomic mass is 19.4. The number of halogens is 3. The summed E-state index contributed by atoms with van der Waals surface area (Å²) in [6.45, 7) is 9.39. The van der Waals surface area contributed by atoms with Crippen molar-refractivity contribution in [1.82, 2.24) is 4.90 Å². The predicted octanol–water partition coefficient (Wildman–Crippen LogP) is 3.31. The van der Waals surface area contributed by atoms with Gasteiger partial charge in [0.05, 0.1) is 0 Å². The summed E-state index contributed by atoms with van der Waals surface area (Å²) in [6.07, 6.45) is -0.879. The Morgan fingerprint density at radius 2 is 1.69 bits per heavy atom. The van der Waals surface area contributed by atoms with Gasteiger partial charge in [-0.1, -0.05) is 32.2 Å². The summed E-state index contributed by atoms with van der Waals surface area (Å²) in [5.41, 5.74) is 1.69. The van der Waals surface area contributed by atoms with E-state index in [9.17, 15) is 13.2 Å². The number of rotatable bonds is 4. The summed E-state index contributed by atoms with van der Waals surface area (Å²) in [5, 5.41) is 0. The molecule has 1 unspecified atom stereocenters. The smallest absolute Gasteiger partial charge is 0.284 e. The van der Waals surface area contributed by atoms with E-state index in [0.29, 0.717) is 13.1 Å². The van der Waals surface area contributed by atoms with Gasteiger partial charge in [-0.05, 0) is 17.6 Å². The van der Waals surface area contributed by atoms with Gasteiger partial charge in [-0.3, -0.25) is 4.90 Å². The summed E-state index contributed by atoms with van der Waals surface area (Å²) in [5.74, 6) is 0. The lowest BCUT2D eigenvalue weighted by atomic mass is 10.1. The monoisotopic (exact) mass is 231 g/mol. The molecule has 90 valence electrons. The van der Waals surface area contributed by atoms with Gasteiger partial charge in [-0.2, -0.15) is 13.2 Å². The Kier molecular flexibility index (Phi) is 3.97. The molecule has 0 aromatic heterocycles. The summed E-state index contributed by atoms with van der Waals surface area (Å²) in [4.78, 5) is 1.42. The number of nitrogens with zero attached hydrogens (tertiary/aromatic N) is 1.